The predicted octanol–water partition coefficient (Wildman–Crippen LogP) is 4.24. The van der Waals surface area contributed by atoms with E-state index in [9.17, 15) is 9.90 Å². The summed E-state index contributed by atoms with van der Waals surface area (Å²) >= 11 is 1.51. The van der Waals surface area contributed by atoms with E-state index in [1.807, 2.05) is 66.7 Å². The average Bonchev–Trinajstić information content (AvgIpc) is 3.44. The number of fused-ring (bicyclic) bond motifs is 1. The Hall–Kier alpha value is -4.23. The third kappa shape index (κ3) is 6.25. The number of hydrogen-bond acceptors (Lipinski definition) is 10. The van der Waals surface area contributed by atoms with Crippen LogP contribution < -0.4 is 5.32 Å². The Morgan fingerprint density at radius 3 is 2.66 bits per heavy atom. The Labute approximate surface area is 239 Å². The van der Waals surface area contributed by atoms with Crippen molar-refractivity contribution in [2.24, 2.45) is 7.05 Å². The number of anilines is 1. The molecular weight excluding hydrogens is 542 g/mol. The summed E-state index contributed by atoms with van der Waals surface area (Å²) < 4.78 is 14.5. The highest BCUT2D eigenvalue weighted by molar-refractivity contribution is 7.99. The van der Waals surface area contributed by atoms with E-state index >= 15 is 0 Å². The van der Waals surface area contributed by atoms with Gasteiger partial charge in [0.15, 0.2) is 6.29 Å². The third-order valence-corrected chi connectivity index (χ3v) is 7.83. The molecule has 0 radical (unpaired) electrons. The number of carbonyl (C=O) groups is 1. The average molecular weight is 570 g/mol. The topological polar surface area (TPSA) is 137 Å². The number of hydrogen-bond donors (Lipinski definition) is 2. The van der Waals surface area contributed by atoms with Gasteiger partial charge in [0.05, 0.1) is 36.0 Å². The van der Waals surface area contributed by atoms with Crippen molar-refractivity contribution < 1.29 is 19.4 Å². The summed E-state index contributed by atoms with van der Waals surface area (Å²) in [6.07, 6.45) is 1.02. The van der Waals surface area contributed by atoms with Gasteiger partial charge in [-0.05, 0) is 45.8 Å². The molecule has 3 atom stereocenters. The van der Waals surface area contributed by atoms with Gasteiger partial charge in [-0.2, -0.15) is 0 Å². The smallest absolute Gasteiger partial charge is 0.275 e. The Kier molecular flexibility index (Phi) is 7.96. The number of amides is 1. The molecule has 3 heterocycles. The molecule has 0 aliphatic carbocycles. The monoisotopic (exact) mass is 569 g/mol. The first-order chi connectivity index (χ1) is 20.1. The number of para-hydroxylation sites is 2. The highest BCUT2D eigenvalue weighted by atomic mass is 32.2. The van der Waals surface area contributed by atoms with Crippen molar-refractivity contribution in [1.29, 1.82) is 0 Å². The zero-order chi connectivity index (χ0) is 28.2. The predicted molar refractivity (Wildman–Crippen MR) is 152 cm³/mol. The van der Waals surface area contributed by atoms with Gasteiger partial charge < -0.3 is 19.9 Å². The lowest BCUT2D eigenvalue weighted by Gasteiger charge is -2.36. The molecule has 0 bridgehead atoms. The number of ether oxygens (including phenoxy) is 2. The minimum atomic E-state index is -0.674. The number of rotatable bonds is 8. The molecule has 2 aromatic heterocycles. The molecule has 5 aromatic rings. The molecule has 1 aliphatic heterocycles. The summed E-state index contributed by atoms with van der Waals surface area (Å²) in [5.74, 6) is 0.260. The maximum absolute atomic E-state index is 13.0. The van der Waals surface area contributed by atoms with E-state index in [-0.39, 0.29) is 30.4 Å². The molecule has 1 saturated heterocycles. The van der Waals surface area contributed by atoms with Crippen LogP contribution in [0.15, 0.2) is 84.1 Å². The lowest BCUT2D eigenvalue weighted by atomic mass is 10.0. The zero-order valence-corrected chi connectivity index (χ0v) is 22.9. The van der Waals surface area contributed by atoms with Gasteiger partial charge in [0.1, 0.15) is 5.69 Å². The standard InChI is InChI=1S/C29H27N7O4S/c1-36-29(33-34-35-36)41-17-22-14-26(19-11-9-18(16-37)10-12-19)40-28(39-22)20-5-4-6-21(13-20)31-27(38)25-15-30-23-7-2-3-8-24(23)32-25/h2-13,15,22,26,28,37H,14,16-17H2,1H3,(H,31,38)/t22-,26+,28+/m0/s1. The molecule has 0 spiro atoms. The second-order valence-corrected chi connectivity index (χ2v) is 10.6. The minimum Gasteiger partial charge on any atom is -0.392 e. The van der Waals surface area contributed by atoms with E-state index in [1.54, 1.807) is 17.8 Å². The van der Waals surface area contributed by atoms with Gasteiger partial charge in [-0.3, -0.25) is 9.78 Å². The van der Waals surface area contributed by atoms with Crippen LogP contribution in [0.3, 0.4) is 0 Å². The third-order valence-electron chi connectivity index (χ3n) is 6.69. The van der Waals surface area contributed by atoms with Gasteiger partial charge in [0.25, 0.3) is 5.91 Å². The fourth-order valence-corrected chi connectivity index (χ4v) is 5.43. The largest absolute Gasteiger partial charge is 0.392 e. The fraction of sp³-hybridized carbons (Fsp3) is 0.241. The molecule has 208 valence electrons. The Bertz CT molecular complexity index is 1660. The van der Waals surface area contributed by atoms with Crippen LogP contribution in [0.4, 0.5) is 5.69 Å². The van der Waals surface area contributed by atoms with Crippen molar-refractivity contribution >= 4 is 34.4 Å². The van der Waals surface area contributed by atoms with Crippen LogP contribution in [0.2, 0.25) is 0 Å². The Morgan fingerprint density at radius 2 is 1.88 bits per heavy atom. The normalized spacial score (nSPS) is 18.8. The molecule has 2 N–H and O–H groups in total. The van der Waals surface area contributed by atoms with Crippen LogP contribution in [0.25, 0.3) is 11.0 Å². The van der Waals surface area contributed by atoms with Crippen molar-refractivity contribution in [3.63, 3.8) is 0 Å². The van der Waals surface area contributed by atoms with Gasteiger partial charge >= 0.3 is 0 Å². The maximum atomic E-state index is 13.0. The van der Waals surface area contributed by atoms with E-state index < -0.39 is 6.29 Å². The SMILES string of the molecule is Cn1nnnc1SC[C@@H]1C[C@H](c2ccc(CO)cc2)O[C@H](c2cccc(NC(=O)c3cnc4ccccc4n3)c2)O1. The van der Waals surface area contributed by atoms with Gasteiger partial charge in [0, 0.05) is 30.5 Å². The molecule has 1 aliphatic rings. The Morgan fingerprint density at radius 1 is 1.05 bits per heavy atom. The molecular formula is C29H27N7O4S. The second-order valence-electron chi connectivity index (χ2n) is 9.57. The van der Waals surface area contributed by atoms with Gasteiger partial charge in [-0.25, -0.2) is 9.67 Å². The molecule has 0 saturated carbocycles. The highest BCUT2D eigenvalue weighted by Crippen LogP contribution is 2.39. The number of nitrogens with zero attached hydrogens (tertiary/aromatic N) is 6. The molecule has 1 amide bonds. The number of benzene rings is 3. The van der Waals surface area contributed by atoms with E-state index in [4.69, 9.17) is 9.47 Å². The van der Waals surface area contributed by atoms with E-state index in [1.165, 1.54) is 18.0 Å². The van der Waals surface area contributed by atoms with E-state index in [0.29, 0.717) is 28.5 Å². The zero-order valence-electron chi connectivity index (χ0n) is 22.1. The molecule has 0 unspecified atom stereocenters. The second kappa shape index (κ2) is 12.1. The van der Waals surface area contributed by atoms with Crippen LogP contribution in [-0.4, -0.2) is 53.0 Å². The quantitative estimate of drug-likeness (QED) is 0.261. The van der Waals surface area contributed by atoms with Crippen molar-refractivity contribution in [3.05, 3.63) is 101 Å². The first kappa shape index (κ1) is 27.0. The van der Waals surface area contributed by atoms with Crippen LogP contribution in [-0.2, 0) is 23.1 Å². The summed E-state index contributed by atoms with van der Waals surface area (Å²) in [4.78, 5) is 21.8. The van der Waals surface area contributed by atoms with Crippen LogP contribution in [0.1, 0.15) is 46.0 Å². The lowest BCUT2D eigenvalue weighted by Crippen LogP contribution is -2.31. The number of carbonyl (C=O) groups excluding carboxylic acids is 1. The summed E-state index contributed by atoms with van der Waals surface area (Å²) in [5.41, 5.74) is 4.77. The molecule has 11 nitrogen and oxygen atoms in total. The molecule has 41 heavy (non-hydrogen) atoms. The summed E-state index contributed by atoms with van der Waals surface area (Å²) in [7, 11) is 1.80. The van der Waals surface area contributed by atoms with Gasteiger partial charge in [0.2, 0.25) is 5.16 Å². The number of aromatic nitrogens is 6. The summed E-state index contributed by atoms with van der Waals surface area (Å²) in [6.45, 7) is -0.0220. The maximum Gasteiger partial charge on any atom is 0.275 e. The Balaban J connectivity index is 1.21. The number of nitrogens with one attached hydrogen (secondary N) is 1. The number of aryl methyl sites for hydroxylation is 1. The van der Waals surface area contributed by atoms with Crippen LogP contribution in [0, 0.1) is 0 Å². The number of aliphatic hydroxyl groups is 1. The number of thioether (sulfide) groups is 1. The van der Waals surface area contributed by atoms with Crippen molar-refractivity contribution in [2.45, 2.75) is 36.7 Å². The first-order valence-corrected chi connectivity index (χ1v) is 14.0. The van der Waals surface area contributed by atoms with Gasteiger partial charge in [-0.15, -0.1) is 5.10 Å². The van der Waals surface area contributed by atoms with Crippen molar-refractivity contribution in [2.75, 3.05) is 11.1 Å². The molecule has 3 aromatic carbocycles. The first-order valence-electron chi connectivity index (χ1n) is 13.0. The molecule has 6 rings (SSSR count). The summed E-state index contributed by atoms with van der Waals surface area (Å²) in [5, 5.41) is 24.7. The van der Waals surface area contributed by atoms with E-state index in [0.717, 1.165) is 22.2 Å². The lowest BCUT2D eigenvalue weighted by molar-refractivity contribution is -0.245. The molecule has 12 heteroatoms. The fourth-order valence-electron chi connectivity index (χ4n) is 4.56. The number of tetrazole rings is 1. The highest BCUT2D eigenvalue weighted by Gasteiger charge is 2.32. The molecule has 1 fully saturated rings. The van der Waals surface area contributed by atoms with Crippen LogP contribution >= 0.6 is 11.8 Å². The number of aliphatic hydroxyl groups excluding tert-OH is 1. The van der Waals surface area contributed by atoms with Crippen LogP contribution in [0.5, 0.6) is 0 Å². The van der Waals surface area contributed by atoms with Crippen molar-refractivity contribution in [1.82, 2.24) is 30.2 Å². The van der Waals surface area contributed by atoms with Gasteiger partial charge in [-0.1, -0.05) is 60.3 Å². The summed E-state index contributed by atoms with van der Waals surface area (Å²) in [6, 6.07) is 22.5. The van der Waals surface area contributed by atoms with Crippen molar-refractivity contribution in [3.8, 4) is 0 Å². The van der Waals surface area contributed by atoms with E-state index in [2.05, 4.69) is 30.8 Å². The minimum absolute atomic E-state index is 0.0220.